The highest BCUT2D eigenvalue weighted by Crippen LogP contribution is 1.99. The van der Waals surface area contributed by atoms with Gasteiger partial charge in [-0.2, -0.15) is 0 Å². The molecule has 0 saturated heterocycles. The fourth-order valence-corrected chi connectivity index (χ4v) is 0.757. The molecule has 0 aromatic heterocycles. The van der Waals surface area contributed by atoms with Crippen LogP contribution >= 0.6 is 0 Å². The van der Waals surface area contributed by atoms with Crippen molar-refractivity contribution in [3.05, 3.63) is 42.0 Å². The van der Waals surface area contributed by atoms with Gasteiger partial charge in [-0.3, -0.25) is 0 Å². The molecule has 0 spiro atoms. The first-order valence-electron chi connectivity index (χ1n) is 5.11. The second-order valence-electron chi connectivity index (χ2n) is 1.91. The zero-order chi connectivity index (χ0) is 10.5. The van der Waals surface area contributed by atoms with Crippen molar-refractivity contribution in [3.63, 3.8) is 0 Å². The Balaban J connectivity index is -0.000000216. The predicted octanol–water partition coefficient (Wildman–Crippen LogP) is 4.39. The van der Waals surface area contributed by atoms with Crippen LogP contribution in [0.15, 0.2) is 36.4 Å². The molecule has 1 heteroatoms. The van der Waals surface area contributed by atoms with E-state index in [9.17, 15) is 0 Å². The number of benzene rings is 1. The molecule has 0 aliphatic rings. The maximum atomic E-state index is 2.08. The van der Waals surface area contributed by atoms with Gasteiger partial charge in [-0.15, -0.1) is 0 Å². The van der Waals surface area contributed by atoms with E-state index in [1.54, 1.807) is 0 Å². The first kappa shape index (κ1) is 18.7. The van der Waals surface area contributed by atoms with E-state index in [1.165, 1.54) is 5.56 Å². The van der Waals surface area contributed by atoms with Crippen molar-refractivity contribution >= 4 is 14.5 Å². The van der Waals surface area contributed by atoms with Crippen LogP contribution in [0.4, 0.5) is 0 Å². The normalized spacial score (nSPS) is 7.50. The Labute approximate surface area is 91.6 Å². The molecule has 3 radical (unpaired) electrons. The fourth-order valence-electron chi connectivity index (χ4n) is 0.757. The van der Waals surface area contributed by atoms with E-state index in [1.807, 2.05) is 58.9 Å². The predicted molar refractivity (Wildman–Crippen MR) is 69.6 cm³/mol. The summed E-state index contributed by atoms with van der Waals surface area (Å²) in [7, 11) is 0. The first-order valence-corrected chi connectivity index (χ1v) is 5.11. The molecule has 0 amide bonds. The van der Waals surface area contributed by atoms with E-state index >= 15 is 0 Å². The summed E-state index contributed by atoms with van der Waals surface area (Å²) < 4.78 is 0. The Bertz CT molecular complexity index is 190. The van der Waals surface area contributed by atoms with Gasteiger partial charge in [0.05, 0.1) is 0 Å². The summed E-state index contributed by atoms with van der Waals surface area (Å²) in [5.41, 5.74) is 1.26. The van der Waals surface area contributed by atoms with Gasteiger partial charge in [0.2, 0.25) is 0 Å². The van der Waals surface area contributed by atoms with Gasteiger partial charge < -0.3 is 0 Å². The molecule has 0 unspecified atom stereocenters. The number of hydrogen-bond donors (Lipinski definition) is 0. The Morgan fingerprint density at radius 2 is 1.29 bits per heavy atom. The number of hydrogen-bond acceptors (Lipinski definition) is 0. The van der Waals surface area contributed by atoms with E-state index in [4.69, 9.17) is 0 Å². The summed E-state index contributed by atoms with van der Waals surface area (Å²) in [6, 6.07) is 10.3. The Hall–Kier alpha value is -0.975. The van der Waals surface area contributed by atoms with E-state index in [0.29, 0.717) is 0 Å². The minimum Gasteiger partial charge on any atom is -0.0871 e. The van der Waals surface area contributed by atoms with Gasteiger partial charge in [0.1, 0.15) is 0 Å². The highest BCUT2D eigenvalue weighted by Gasteiger charge is 1.77. The van der Waals surface area contributed by atoms with Gasteiger partial charge >= 0.3 is 0 Å². The average Bonchev–Trinajstić information content (AvgIpc) is 2.26. The van der Waals surface area contributed by atoms with Crippen LogP contribution in [0.2, 0.25) is 0 Å². The van der Waals surface area contributed by atoms with Crippen molar-refractivity contribution in [2.75, 3.05) is 0 Å². The highest BCUT2D eigenvalue weighted by atomic mass is 13.8. The summed E-state index contributed by atoms with van der Waals surface area (Å²) in [5.74, 6) is 0. The largest absolute Gasteiger partial charge is 0.0871 e. The molecule has 1 rings (SSSR count). The summed E-state index contributed by atoms with van der Waals surface area (Å²) >= 11 is 0. The Kier molecular flexibility index (Phi) is 24.0. The SMILES string of the molecule is CC.CC.CC=Cc1ccccc1.[B]. The summed E-state index contributed by atoms with van der Waals surface area (Å²) in [4.78, 5) is 0. The van der Waals surface area contributed by atoms with Crippen molar-refractivity contribution in [1.29, 1.82) is 0 Å². The zero-order valence-corrected chi connectivity index (χ0v) is 10.1. The van der Waals surface area contributed by atoms with Gasteiger partial charge in [0.15, 0.2) is 0 Å². The molecule has 0 nitrogen and oxygen atoms in total. The van der Waals surface area contributed by atoms with Gasteiger partial charge in [-0.1, -0.05) is 70.2 Å². The van der Waals surface area contributed by atoms with Crippen LogP contribution in [-0.4, -0.2) is 8.41 Å². The highest BCUT2D eigenvalue weighted by molar-refractivity contribution is 5.75. The fraction of sp³-hybridized carbons (Fsp3) is 0.385. The maximum Gasteiger partial charge on any atom is 0 e. The van der Waals surface area contributed by atoms with Crippen molar-refractivity contribution in [2.45, 2.75) is 34.6 Å². The van der Waals surface area contributed by atoms with Crippen LogP contribution in [0.5, 0.6) is 0 Å². The quantitative estimate of drug-likeness (QED) is 0.574. The molecule has 0 aliphatic carbocycles. The van der Waals surface area contributed by atoms with E-state index in [2.05, 4.69) is 18.2 Å². The van der Waals surface area contributed by atoms with Gasteiger partial charge in [-0.25, -0.2) is 0 Å². The molecule has 0 N–H and O–H groups in total. The monoisotopic (exact) mass is 189 g/mol. The van der Waals surface area contributed by atoms with Crippen molar-refractivity contribution in [3.8, 4) is 0 Å². The molecule has 77 valence electrons. The molecule has 0 atom stereocenters. The smallest absolute Gasteiger partial charge is 0 e. The lowest BCUT2D eigenvalue weighted by atomic mass is 10.2. The Morgan fingerprint density at radius 3 is 1.64 bits per heavy atom. The minimum absolute atomic E-state index is 0. The second-order valence-corrected chi connectivity index (χ2v) is 1.91. The molecular weight excluding hydrogens is 167 g/mol. The second kappa shape index (κ2) is 17.9. The van der Waals surface area contributed by atoms with E-state index < -0.39 is 0 Å². The summed E-state index contributed by atoms with van der Waals surface area (Å²) in [6.07, 6.45) is 4.12. The van der Waals surface area contributed by atoms with Crippen LogP contribution in [0.3, 0.4) is 0 Å². The standard InChI is InChI=1S/C9H10.2C2H6.B/c1-2-6-9-7-4-3-5-8-9;2*1-2;/h2-8H,1H3;2*1-2H3;. The third-order valence-electron chi connectivity index (χ3n) is 1.16. The number of rotatable bonds is 1. The van der Waals surface area contributed by atoms with Gasteiger partial charge in [0, 0.05) is 8.41 Å². The zero-order valence-electron chi connectivity index (χ0n) is 10.1. The lowest BCUT2D eigenvalue weighted by Gasteiger charge is -1.86. The van der Waals surface area contributed by atoms with Crippen molar-refractivity contribution in [1.82, 2.24) is 0 Å². The third kappa shape index (κ3) is 11.0. The van der Waals surface area contributed by atoms with Crippen LogP contribution in [0, 0.1) is 0 Å². The number of allylic oxidation sites excluding steroid dienone is 1. The summed E-state index contributed by atoms with van der Waals surface area (Å²) in [5, 5.41) is 0. The topological polar surface area (TPSA) is 0 Å². The molecular formula is C13H22B. The van der Waals surface area contributed by atoms with Gasteiger partial charge in [0.25, 0.3) is 0 Å². The van der Waals surface area contributed by atoms with Crippen LogP contribution in [-0.2, 0) is 0 Å². The van der Waals surface area contributed by atoms with Crippen LogP contribution < -0.4 is 0 Å². The first-order chi connectivity index (χ1) is 6.43. The van der Waals surface area contributed by atoms with E-state index in [0.717, 1.165) is 0 Å². The molecule has 14 heavy (non-hydrogen) atoms. The molecule has 0 heterocycles. The minimum atomic E-state index is 0. The van der Waals surface area contributed by atoms with Gasteiger partial charge in [-0.05, 0) is 12.5 Å². The molecule has 0 saturated carbocycles. The summed E-state index contributed by atoms with van der Waals surface area (Å²) in [6.45, 7) is 10.0. The third-order valence-corrected chi connectivity index (χ3v) is 1.16. The van der Waals surface area contributed by atoms with Crippen LogP contribution in [0.25, 0.3) is 6.08 Å². The molecule has 0 fully saturated rings. The lowest BCUT2D eigenvalue weighted by molar-refractivity contribution is 1.50. The molecule has 1 aromatic rings. The molecule has 0 aliphatic heterocycles. The van der Waals surface area contributed by atoms with E-state index in [-0.39, 0.29) is 8.41 Å². The Morgan fingerprint density at radius 1 is 0.857 bits per heavy atom. The molecule has 0 bridgehead atoms. The van der Waals surface area contributed by atoms with Crippen molar-refractivity contribution in [2.24, 2.45) is 0 Å². The molecule has 1 aromatic carbocycles. The maximum absolute atomic E-state index is 2.08. The van der Waals surface area contributed by atoms with Crippen molar-refractivity contribution < 1.29 is 0 Å². The lowest BCUT2D eigenvalue weighted by Crippen LogP contribution is -1.65. The van der Waals surface area contributed by atoms with Crippen LogP contribution in [0.1, 0.15) is 40.2 Å². The average molecular weight is 189 g/mol.